The van der Waals surface area contributed by atoms with Crippen LogP contribution in [0.3, 0.4) is 0 Å². The molecule has 0 bridgehead atoms. The Bertz CT molecular complexity index is 1150. The molecule has 1 aliphatic rings. The van der Waals surface area contributed by atoms with Gasteiger partial charge in [0.05, 0.1) is 13.2 Å². The number of hydrogen-bond donors (Lipinski definition) is 0. The van der Waals surface area contributed by atoms with Crippen LogP contribution < -0.4 is 0 Å². The van der Waals surface area contributed by atoms with Gasteiger partial charge in [-0.2, -0.15) is 9.29 Å². The Morgan fingerprint density at radius 3 is 2.16 bits per heavy atom. The van der Waals surface area contributed by atoms with Crippen LogP contribution in [0.25, 0.3) is 22.8 Å². The molecule has 168 valence electrons. The monoisotopic (exact) mass is 455 g/mol. The van der Waals surface area contributed by atoms with E-state index < -0.39 is 10.0 Å². The van der Waals surface area contributed by atoms with Gasteiger partial charge < -0.3 is 9.15 Å². The second kappa shape index (κ2) is 9.64. The van der Waals surface area contributed by atoms with Gasteiger partial charge in [-0.3, -0.25) is 9.69 Å². The van der Waals surface area contributed by atoms with Gasteiger partial charge in [-0.15, -0.1) is 0 Å². The van der Waals surface area contributed by atoms with Crippen LogP contribution in [-0.4, -0.2) is 67.9 Å². The maximum absolute atomic E-state index is 13.6. The lowest BCUT2D eigenvalue weighted by molar-refractivity contribution is -0.144. The number of piperazine rings is 1. The largest absolute Gasteiger partial charge is 0.465 e. The maximum atomic E-state index is 13.6. The summed E-state index contributed by atoms with van der Waals surface area (Å²) in [6.45, 7) is 3.61. The van der Waals surface area contributed by atoms with Crippen molar-refractivity contribution in [2.24, 2.45) is 0 Å². The van der Waals surface area contributed by atoms with E-state index in [4.69, 9.17) is 9.15 Å². The van der Waals surface area contributed by atoms with E-state index in [2.05, 4.69) is 4.98 Å². The fourth-order valence-electron chi connectivity index (χ4n) is 3.60. The van der Waals surface area contributed by atoms with Crippen LogP contribution >= 0.6 is 0 Å². The number of ether oxygens (including phenoxy) is 1. The third-order valence-corrected chi connectivity index (χ3v) is 7.04. The van der Waals surface area contributed by atoms with E-state index in [0.717, 1.165) is 0 Å². The molecule has 1 aromatic heterocycles. The number of sulfonamides is 1. The van der Waals surface area contributed by atoms with Gasteiger partial charge in [-0.1, -0.05) is 48.5 Å². The van der Waals surface area contributed by atoms with Gasteiger partial charge in [0.1, 0.15) is 0 Å². The lowest BCUT2D eigenvalue weighted by Gasteiger charge is -2.32. The standard InChI is InChI=1S/C23H25N3O5S/c1-2-30-20(27)17-25-13-15-26(16-14-25)32(28,29)23-21(18-9-5-3-6-10-18)31-22(24-23)19-11-7-4-8-12-19/h3-12H,2,13-17H2,1H3. The van der Waals surface area contributed by atoms with Crippen molar-refractivity contribution >= 4 is 16.0 Å². The van der Waals surface area contributed by atoms with Crippen molar-refractivity contribution in [1.29, 1.82) is 0 Å². The molecule has 0 amide bonds. The number of oxazole rings is 1. The number of nitrogens with zero attached hydrogens (tertiary/aromatic N) is 3. The smallest absolute Gasteiger partial charge is 0.320 e. The molecule has 0 unspecified atom stereocenters. The Morgan fingerprint density at radius 1 is 0.969 bits per heavy atom. The molecule has 1 aliphatic heterocycles. The Balaban J connectivity index is 1.62. The van der Waals surface area contributed by atoms with Crippen molar-refractivity contribution in [3.63, 3.8) is 0 Å². The summed E-state index contributed by atoms with van der Waals surface area (Å²) >= 11 is 0. The second-order valence-electron chi connectivity index (χ2n) is 7.37. The van der Waals surface area contributed by atoms with Crippen LogP contribution in [0.15, 0.2) is 70.1 Å². The van der Waals surface area contributed by atoms with Gasteiger partial charge in [-0.25, -0.2) is 8.42 Å². The van der Waals surface area contributed by atoms with Crippen LogP contribution in [0, 0.1) is 0 Å². The molecule has 0 radical (unpaired) electrons. The van der Waals surface area contributed by atoms with Crippen molar-refractivity contribution in [3.8, 4) is 22.8 Å². The second-order valence-corrected chi connectivity index (χ2v) is 9.22. The predicted octanol–water partition coefficient (Wildman–Crippen LogP) is 2.88. The quantitative estimate of drug-likeness (QED) is 0.506. The molecule has 8 nitrogen and oxygen atoms in total. The molecule has 9 heteroatoms. The van der Waals surface area contributed by atoms with Gasteiger partial charge in [0, 0.05) is 37.3 Å². The molecule has 2 heterocycles. The minimum Gasteiger partial charge on any atom is -0.465 e. The van der Waals surface area contributed by atoms with E-state index in [0.29, 0.717) is 30.8 Å². The van der Waals surface area contributed by atoms with E-state index in [1.54, 1.807) is 19.1 Å². The molecule has 2 aromatic carbocycles. The van der Waals surface area contributed by atoms with Crippen molar-refractivity contribution in [3.05, 3.63) is 60.7 Å². The molecule has 0 saturated carbocycles. The van der Waals surface area contributed by atoms with Crippen molar-refractivity contribution < 1.29 is 22.4 Å². The van der Waals surface area contributed by atoms with Gasteiger partial charge in [0.25, 0.3) is 10.0 Å². The summed E-state index contributed by atoms with van der Waals surface area (Å²) in [7, 11) is -3.90. The molecule has 1 saturated heterocycles. The molecule has 1 fully saturated rings. The number of carbonyl (C=O) groups excluding carboxylic acids is 1. The summed E-state index contributed by atoms with van der Waals surface area (Å²) in [6.07, 6.45) is 0. The first kappa shape index (κ1) is 22.2. The van der Waals surface area contributed by atoms with Crippen LogP contribution in [-0.2, 0) is 19.6 Å². The molecule has 32 heavy (non-hydrogen) atoms. The predicted molar refractivity (Wildman–Crippen MR) is 119 cm³/mol. The molecule has 4 rings (SSSR count). The summed E-state index contributed by atoms with van der Waals surface area (Å²) in [4.78, 5) is 18.0. The summed E-state index contributed by atoms with van der Waals surface area (Å²) in [6, 6.07) is 18.3. The fourth-order valence-corrected chi connectivity index (χ4v) is 5.08. The third-order valence-electron chi connectivity index (χ3n) is 5.23. The Morgan fingerprint density at radius 2 is 1.56 bits per heavy atom. The fraction of sp³-hybridized carbons (Fsp3) is 0.304. The van der Waals surface area contributed by atoms with Crippen LogP contribution in [0.2, 0.25) is 0 Å². The van der Waals surface area contributed by atoms with E-state index in [1.165, 1.54) is 4.31 Å². The number of carbonyl (C=O) groups is 1. The third kappa shape index (κ3) is 4.74. The number of benzene rings is 2. The lowest BCUT2D eigenvalue weighted by Crippen LogP contribution is -2.50. The molecule has 0 spiro atoms. The Kier molecular flexibility index (Phi) is 6.69. The van der Waals surface area contributed by atoms with Crippen molar-refractivity contribution in [2.75, 3.05) is 39.3 Å². The molecule has 0 atom stereocenters. The molecular weight excluding hydrogens is 430 g/mol. The highest BCUT2D eigenvalue weighted by atomic mass is 32.2. The number of esters is 1. The van der Waals surface area contributed by atoms with Crippen molar-refractivity contribution in [2.45, 2.75) is 11.9 Å². The molecular formula is C23H25N3O5S. The summed E-state index contributed by atoms with van der Waals surface area (Å²) in [5.41, 5.74) is 1.34. The number of rotatable bonds is 7. The van der Waals surface area contributed by atoms with E-state index >= 15 is 0 Å². The normalized spacial score (nSPS) is 15.5. The van der Waals surface area contributed by atoms with Gasteiger partial charge in [0.2, 0.25) is 10.9 Å². The first-order valence-corrected chi connectivity index (χ1v) is 11.9. The van der Waals surface area contributed by atoms with Crippen LogP contribution in [0.5, 0.6) is 0 Å². The van der Waals surface area contributed by atoms with Gasteiger partial charge in [0.15, 0.2) is 5.76 Å². The average molecular weight is 456 g/mol. The highest BCUT2D eigenvalue weighted by Crippen LogP contribution is 2.34. The number of hydrogen-bond acceptors (Lipinski definition) is 7. The van der Waals surface area contributed by atoms with E-state index in [-0.39, 0.29) is 42.3 Å². The summed E-state index contributed by atoms with van der Waals surface area (Å²) in [5.74, 6) is 0.168. The van der Waals surface area contributed by atoms with Crippen molar-refractivity contribution in [1.82, 2.24) is 14.2 Å². The van der Waals surface area contributed by atoms with E-state index in [9.17, 15) is 13.2 Å². The number of aromatic nitrogens is 1. The summed E-state index contributed by atoms with van der Waals surface area (Å²) in [5, 5.41) is -0.0959. The summed E-state index contributed by atoms with van der Waals surface area (Å²) < 4.78 is 39.5. The van der Waals surface area contributed by atoms with Crippen LogP contribution in [0.4, 0.5) is 0 Å². The van der Waals surface area contributed by atoms with Gasteiger partial charge in [-0.05, 0) is 19.1 Å². The minimum atomic E-state index is -3.90. The lowest BCUT2D eigenvalue weighted by atomic mass is 10.2. The van der Waals surface area contributed by atoms with Crippen LogP contribution in [0.1, 0.15) is 6.92 Å². The zero-order valence-corrected chi connectivity index (χ0v) is 18.6. The molecule has 3 aromatic rings. The first-order valence-electron chi connectivity index (χ1n) is 10.5. The zero-order valence-electron chi connectivity index (χ0n) is 17.8. The average Bonchev–Trinajstić information content (AvgIpc) is 3.27. The Labute approximate surface area is 187 Å². The van der Waals surface area contributed by atoms with E-state index in [1.807, 2.05) is 53.4 Å². The van der Waals surface area contributed by atoms with Gasteiger partial charge >= 0.3 is 5.97 Å². The maximum Gasteiger partial charge on any atom is 0.320 e. The Hall–Kier alpha value is -3.01. The minimum absolute atomic E-state index is 0.0959. The highest BCUT2D eigenvalue weighted by molar-refractivity contribution is 7.89. The first-order chi connectivity index (χ1) is 15.5. The SMILES string of the molecule is CCOC(=O)CN1CCN(S(=O)(=O)c2nc(-c3ccccc3)oc2-c2ccccc2)CC1. The molecule has 0 N–H and O–H groups in total. The zero-order chi connectivity index (χ0) is 22.6. The highest BCUT2D eigenvalue weighted by Gasteiger charge is 2.35. The topological polar surface area (TPSA) is 93.0 Å². The molecule has 0 aliphatic carbocycles.